The molecule has 1 aliphatic carbocycles. The topological polar surface area (TPSA) is 52.6 Å². The fourth-order valence-electron chi connectivity index (χ4n) is 4.74. The second-order valence-electron chi connectivity index (χ2n) is 8.45. The van der Waals surface area contributed by atoms with E-state index in [1.54, 1.807) is 17.2 Å². The molecule has 172 valence electrons. The van der Waals surface area contributed by atoms with Crippen LogP contribution in [0, 0.1) is 0 Å². The van der Waals surface area contributed by atoms with Crippen LogP contribution in [0.4, 0.5) is 0 Å². The summed E-state index contributed by atoms with van der Waals surface area (Å²) in [5.74, 6) is 0.670. The van der Waals surface area contributed by atoms with Gasteiger partial charge in [-0.1, -0.05) is 54.6 Å². The van der Waals surface area contributed by atoms with E-state index in [4.69, 9.17) is 9.47 Å². The van der Waals surface area contributed by atoms with Gasteiger partial charge in [0.05, 0.1) is 0 Å². The normalized spacial score (nSPS) is 17.9. The molecule has 5 heteroatoms. The number of hydrogen-bond donors (Lipinski definition) is 0. The second kappa shape index (κ2) is 9.35. The maximum absolute atomic E-state index is 11.6. The van der Waals surface area contributed by atoms with Crippen LogP contribution in [0.15, 0.2) is 108 Å². The number of fused-ring (bicyclic) bond motifs is 5. The molecule has 0 atom stereocenters. The van der Waals surface area contributed by atoms with Gasteiger partial charge in [-0.25, -0.2) is 8.42 Å². The molecule has 0 spiro atoms. The third-order valence-electron chi connectivity index (χ3n) is 6.33. The van der Waals surface area contributed by atoms with E-state index in [1.807, 2.05) is 0 Å². The monoisotopic (exact) mass is 470 g/mol. The van der Waals surface area contributed by atoms with Crippen molar-refractivity contribution < 1.29 is 17.9 Å². The van der Waals surface area contributed by atoms with E-state index in [0.29, 0.717) is 12.2 Å². The lowest BCUT2D eigenvalue weighted by molar-refractivity contribution is 0.231. The Morgan fingerprint density at radius 2 is 1.68 bits per heavy atom. The third-order valence-corrected chi connectivity index (χ3v) is 7.78. The van der Waals surface area contributed by atoms with Crippen LogP contribution in [-0.2, 0) is 32.2 Å². The molecule has 0 bridgehead atoms. The average molecular weight is 471 g/mol. The van der Waals surface area contributed by atoms with Gasteiger partial charge in [-0.05, 0) is 70.5 Å². The van der Waals surface area contributed by atoms with Crippen molar-refractivity contribution in [3.63, 3.8) is 0 Å². The van der Waals surface area contributed by atoms with Crippen molar-refractivity contribution in [1.82, 2.24) is 0 Å². The summed E-state index contributed by atoms with van der Waals surface area (Å²) in [5, 5.41) is 6.77. The molecular formula is C29H26O4S. The standard InChI is InChI=1S/C18H16.C11H10O4S/c1-3-7-15-13(5-1)9-11-18-16-8-4-2-6-14(16)10-12-17(15)18;1-2-4-9-11(15-7-6-14-9)10-5-3-8-16(10,12)13/h1,3,5,7,9-12H,2,4,6,8H2;2-3,5-8H,1,4H2. The predicted octanol–water partition coefficient (Wildman–Crippen LogP) is 6.99. The maximum atomic E-state index is 11.6. The lowest BCUT2D eigenvalue weighted by atomic mass is 9.86. The minimum Gasteiger partial charge on any atom is -0.462 e. The molecule has 0 amide bonds. The zero-order valence-corrected chi connectivity index (χ0v) is 19.7. The molecule has 4 nitrogen and oxygen atoms in total. The molecule has 3 aromatic carbocycles. The first-order valence-corrected chi connectivity index (χ1v) is 13.0. The molecule has 0 saturated carbocycles. The SMILES string of the molecule is C=CCC1=C(C2=CC=CS2(=O)=O)OC=CO1.c1ccc2c(c1)ccc1c3c(ccc12)CCCC3. The Morgan fingerprint density at radius 3 is 2.50 bits per heavy atom. The molecular weight excluding hydrogens is 444 g/mol. The Balaban J connectivity index is 0.000000143. The summed E-state index contributed by atoms with van der Waals surface area (Å²) in [5.41, 5.74) is 3.17. The largest absolute Gasteiger partial charge is 0.462 e. The van der Waals surface area contributed by atoms with Crippen LogP contribution in [0.1, 0.15) is 30.4 Å². The van der Waals surface area contributed by atoms with Crippen LogP contribution in [-0.4, -0.2) is 8.42 Å². The van der Waals surface area contributed by atoms with Gasteiger partial charge in [-0.3, -0.25) is 0 Å². The highest BCUT2D eigenvalue weighted by Gasteiger charge is 2.27. The first kappa shape index (κ1) is 22.2. The van der Waals surface area contributed by atoms with E-state index in [0.717, 1.165) is 5.41 Å². The Kier molecular flexibility index (Phi) is 6.12. The van der Waals surface area contributed by atoms with Gasteiger partial charge in [0.15, 0.2) is 11.5 Å². The summed E-state index contributed by atoms with van der Waals surface area (Å²) in [6.07, 6.45) is 12.9. The average Bonchev–Trinajstić information content (AvgIpc) is 3.23. The van der Waals surface area contributed by atoms with Crippen molar-refractivity contribution in [3.8, 4) is 0 Å². The van der Waals surface area contributed by atoms with Crippen molar-refractivity contribution in [1.29, 1.82) is 0 Å². The Bertz CT molecular complexity index is 1500. The number of sulfone groups is 1. The number of ether oxygens (including phenoxy) is 2. The lowest BCUT2D eigenvalue weighted by Gasteiger charge is -2.18. The fraction of sp³-hybridized carbons (Fsp3) is 0.172. The van der Waals surface area contributed by atoms with Crippen LogP contribution in [0.5, 0.6) is 0 Å². The fourth-order valence-corrected chi connectivity index (χ4v) is 5.86. The summed E-state index contributed by atoms with van der Waals surface area (Å²) >= 11 is 0. The third kappa shape index (κ3) is 4.19. The molecule has 3 aromatic rings. The highest BCUT2D eigenvalue weighted by molar-refractivity contribution is 7.98. The first-order valence-electron chi connectivity index (χ1n) is 11.5. The number of allylic oxidation sites excluding steroid dienone is 3. The van der Waals surface area contributed by atoms with Gasteiger partial charge < -0.3 is 9.47 Å². The van der Waals surface area contributed by atoms with E-state index < -0.39 is 9.84 Å². The lowest BCUT2D eigenvalue weighted by Crippen LogP contribution is -2.07. The molecule has 2 heterocycles. The molecule has 0 fully saturated rings. The maximum Gasteiger partial charge on any atom is 0.203 e. The van der Waals surface area contributed by atoms with E-state index in [2.05, 4.69) is 55.1 Å². The molecule has 0 unspecified atom stereocenters. The molecule has 6 rings (SSSR count). The quantitative estimate of drug-likeness (QED) is 0.306. The molecule has 3 aliphatic rings. The van der Waals surface area contributed by atoms with Crippen molar-refractivity contribution in [3.05, 3.63) is 119 Å². The molecule has 2 aliphatic heterocycles. The van der Waals surface area contributed by atoms with Crippen LogP contribution >= 0.6 is 0 Å². The van der Waals surface area contributed by atoms with Gasteiger partial charge in [-0.2, -0.15) is 0 Å². The molecule has 0 saturated heterocycles. The Hall–Kier alpha value is -3.57. The van der Waals surface area contributed by atoms with Gasteiger partial charge in [0, 0.05) is 11.8 Å². The van der Waals surface area contributed by atoms with E-state index in [9.17, 15) is 8.42 Å². The predicted molar refractivity (Wildman–Crippen MR) is 137 cm³/mol. The number of rotatable bonds is 3. The van der Waals surface area contributed by atoms with Crippen LogP contribution in [0.2, 0.25) is 0 Å². The Labute approximate surface area is 200 Å². The zero-order chi connectivity index (χ0) is 23.5. The van der Waals surface area contributed by atoms with E-state index in [-0.39, 0.29) is 10.7 Å². The number of hydrogen-bond acceptors (Lipinski definition) is 4. The van der Waals surface area contributed by atoms with Crippen molar-refractivity contribution >= 4 is 31.4 Å². The summed E-state index contributed by atoms with van der Waals surface area (Å²) in [7, 11) is -3.39. The molecule has 0 radical (unpaired) electrons. The van der Waals surface area contributed by atoms with Gasteiger partial charge >= 0.3 is 0 Å². The Morgan fingerprint density at radius 1 is 0.882 bits per heavy atom. The summed E-state index contributed by atoms with van der Waals surface area (Å²) in [4.78, 5) is 0.119. The highest BCUT2D eigenvalue weighted by atomic mass is 32.2. The smallest absolute Gasteiger partial charge is 0.203 e. The van der Waals surface area contributed by atoms with Crippen LogP contribution < -0.4 is 0 Å². The van der Waals surface area contributed by atoms with Crippen molar-refractivity contribution in [2.45, 2.75) is 32.1 Å². The van der Waals surface area contributed by atoms with Gasteiger partial charge in [0.25, 0.3) is 0 Å². The second-order valence-corrected chi connectivity index (χ2v) is 10.3. The van der Waals surface area contributed by atoms with Crippen LogP contribution in [0.3, 0.4) is 0 Å². The van der Waals surface area contributed by atoms with Gasteiger partial charge in [0.1, 0.15) is 17.4 Å². The zero-order valence-electron chi connectivity index (χ0n) is 18.9. The van der Waals surface area contributed by atoms with E-state index >= 15 is 0 Å². The van der Waals surface area contributed by atoms with Crippen molar-refractivity contribution in [2.75, 3.05) is 0 Å². The minimum absolute atomic E-state index is 0.119. The highest BCUT2D eigenvalue weighted by Crippen LogP contribution is 2.33. The minimum atomic E-state index is -3.39. The van der Waals surface area contributed by atoms with E-state index in [1.165, 1.54) is 71.9 Å². The summed E-state index contributed by atoms with van der Waals surface area (Å²) < 4.78 is 33.7. The first-order chi connectivity index (χ1) is 16.6. The number of benzene rings is 3. The number of aryl methyl sites for hydroxylation is 2. The molecule has 0 aromatic heterocycles. The molecule has 34 heavy (non-hydrogen) atoms. The summed E-state index contributed by atoms with van der Waals surface area (Å²) in [6, 6.07) is 18.0. The van der Waals surface area contributed by atoms with Crippen molar-refractivity contribution in [2.24, 2.45) is 0 Å². The summed E-state index contributed by atoms with van der Waals surface area (Å²) in [6.45, 7) is 3.57. The molecule has 0 N–H and O–H groups in total. The van der Waals surface area contributed by atoms with Gasteiger partial charge in [0.2, 0.25) is 9.84 Å². The van der Waals surface area contributed by atoms with Gasteiger partial charge in [-0.15, -0.1) is 6.58 Å². The van der Waals surface area contributed by atoms with Crippen LogP contribution in [0.25, 0.3) is 21.5 Å².